The minimum atomic E-state index is -0.385. The van der Waals surface area contributed by atoms with Gasteiger partial charge < -0.3 is 19.6 Å². The van der Waals surface area contributed by atoms with E-state index < -0.39 is 0 Å². The topological polar surface area (TPSA) is 54.6 Å². The summed E-state index contributed by atoms with van der Waals surface area (Å²) >= 11 is 0. The highest BCUT2D eigenvalue weighted by Crippen LogP contribution is 1.98. The molecule has 0 saturated heterocycles. The van der Waals surface area contributed by atoms with Crippen LogP contribution in [0, 0.1) is 0 Å². The van der Waals surface area contributed by atoms with Gasteiger partial charge in [0.05, 0.1) is 25.5 Å². The van der Waals surface area contributed by atoms with E-state index in [2.05, 4.69) is 5.32 Å². The molecule has 0 fully saturated rings. The average molecular weight is 199 g/mol. The third-order valence-corrected chi connectivity index (χ3v) is 1.89. The Labute approximate surface area is 83.9 Å². The zero-order chi connectivity index (χ0) is 10.2. The molecule has 2 N–H and O–H groups in total. The minimum Gasteiger partial charge on any atom is -0.468 e. The van der Waals surface area contributed by atoms with Gasteiger partial charge in [0.25, 0.3) is 0 Å². The molecule has 0 radical (unpaired) electrons. The maximum absolute atomic E-state index is 9.32. The molecule has 0 aromatic carbocycles. The highest BCUT2D eigenvalue weighted by atomic mass is 16.5. The highest BCUT2D eigenvalue weighted by molar-refractivity contribution is 4.97. The summed E-state index contributed by atoms with van der Waals surface area (Å²) in [5.41, 5.74) is 0. The number of methoxy groups -OCH3 is 1. The van der Waals surface area contributed by atoms with Gasteiger partial charge in [-0.25, -0.2) is 0 Å². The Kier molecular flexibility index (Phi) is 5.29. The van der Waals surface area contributed by atoms with Crippen molar-refractivity contribution in [1.82, 2.24) is 5.32 Å². The van der Waals surface area contributed by atoms with Crippen molar-refractivity contribution in [1.29, 1.82) is 0 Å². The number of aliphatic hydroxyl groups excluding tert-OH is 1. The molecule has 0 aliphatic carbocycles. The first kappa shape index (κ1) is 11.2. The number of hydrogen-bond acceptors (Lipinski definition) is 4. The van der Waals surface area contributed by atoms with E-state index in [0.717, 1.165) is 12.3 Å². The summed E-state index contributed by atoms with van der Waals surface area (Å²) in [6.07, 6.45) is 1.95. The number of ether oxygens (including phenoxy) is 1. The molecular weight excluding hydrogens is 182 g/mol. The fraction of sp³-hybridized carbons (Fsp3) is 0.600. The minimum absolute atomic E-state index is 0.385. The SMILES string of the molecule is COCC(O)CCNCc1ccco1. The van der Waals surface area contributed by atoms with Crippen molar-refractivity contribution >= 4 is 0 Å². The maximum atomic E-state index is 9.32. The first-order chi connectivity index (χ1) is 6.83. The molecule has 0 amide bonds. The van der Waals surface area contributed by atoms with E-state index in [0.29, 0.717) is 19.6 Å². The Morgan fingerprint density at radius 1 is 1.64 bits per heavy atom. The summed E-state index contributed by atoms with van der Waals surface area (Å²) in [5.74, 6) is 0.909. The van der Waals surface area contributed by atoms with E-state index in [4.69, 9.17) is 9.15 Å². The molecule has 80 valence electrons. The first-order valence-corrected chi connectivity index (χ1v) is 4.73. The summed E-state index contributed by atoms with van der Waals surface area (Å²) in [6.45, 7) is 1.85. The summed E-state index contributed by atoms with van der Waals surface area (Å²) in [6, 6.07) is 3.77. The van der Waals surface area contributed by atoms with Crippen LogP contribution in [0.15, 0.2) is 22.8 Å². The van der Waals surface area contributed by atoms with Crippen molar-refractivity contribution in [3.05, 3.63) is 24.2 Å². The van der Waals surface area contributed by atoms with Crippen LogP contribution in [0.3, 0.4) is 0 Å². The smallest absolute Gasteiger partial charge is 0.117 e. The van der Waals surface area contributed by atoms with Gasteiger partial charge in [0.2, 0.25) is 0 Å². The van der Waals surface area contributed by atoms with Crippen LogP contribution in [0.1, 0.15) is 12.2 Å². The Morgan fingerprint density at radius 3 is 3.14 bits per heavy atom. The number of hydrogen-bond donors (Lipinski definition) is 2. The second-order valence-corrected chi connectivity index (χ2v) is 3.15. The van der Waals surface area contributed by atoms with Gasteiger partial charge in [-0.05, 0) is 25.1 Å². The highest BCUT2D eigenvalue weighted by Gasteiger charge is 2.02. The van der Waals surface area contributed by atoms with Crippen molar-refractivity contribution in [2.24, 2.45) is 0 Å². The molecule has 1 unspecified atom stereocenters. The van der Waals surface area contributed by atoms with E-state index in [1.807, 2.05) is 12.1 Å². The predicted octanol–water partition coefficient (Wildman–Crippen LogP) is 0.767. The van der Waals surface area contributed by atoms with Gasteiger partial charge in [-0.2, -0.15) is 0 Å². The van der Waals surface area contributed by atoms with Gasteiger partial charge in [-0.1, -0.05) is 0 Å². The normalized spacial score (nSPS) is 13.0. The quantitative estimate of drug-likeness (QED) is 0.637. The number of aliphatic hydroxyl groups is 1. The molecular formula is C10H17NO3. The van der Waals surface area contributed by atoms with Crippen LogP contribution in [0.4, 0.5) is 0 Å². The third-order valence-electron chi connectivity index (χ3n) is 1.89. The second kappa shape index (κ2) is 6.59. The van der Waals surface area contributed by atoms with Crippen LogP contribution in [0.2, 0.25) is 0 Å². The molecule has 4 nitrogen and oxygen atoms in total. The summed E-state index contributed by atoms with van der Waals surface area (Å²) < 4.78 is 9.95. The second-order valence-electron chi connectivity index (χ2n) is 3.15. The third kappa shape index (κ3) is 4.41. The lowest BCUT2D eigenvalue weighted by Gasteiger charge is -2.09. The molecule has 0 bridgehead atoms. The largest absolute Gasteiger partial charge is 0.468 e. The van der Waals surface area contributed by atoms with Crippen molar-refractivity contribution in [2.75, 3.05) is 20.3 Å². The van der Waals surface area contributed by atoms with Gasteiger partial charge in [-0.15, -0.1) is 0 Å². The lowest BCUT2D eigenvalue weighted by Crippen LogP contribution is -2.22. The van der Waals surface area contributed by atoms with Crippen LogP contribution >= 0.6 is 0 Å². The van der Waals surface area contributed by atoms with Crippen LogP contribution in [-0.2, 0) is 11.3 Å². The molecule has 1 heterocycles. The zero-order valence-corrected chi connectivity index (χ0v) is 8.40. The molecule has 1 aromatic rings. The van der Waals surface area contributed by atoms with Gasteiger partial charge in [0, 0.05) is 7.11 Å². The van der Waals surface area contributed by atoms with Crippen LogP contribution in [-0.4, -0.2) is 31.5 Å². The van der Waals surface area contributed by atoms with Crippen molar-refractivity contribution in [3.63, 3.8) is 0 Å². The van der Waals surface area contributed by atoms with Gasteiger partial charge in [0.1, 0.15) is 5.76 Å². The fourth-order valence-corrected chi connectivity index (χ4v) is 1.17. The lowest BCUT2D eigenvalue weighted by atomic mass is 10.2. The van der Waals surface area contributed by atoms with E-state index in [1.54, 1.807) is 13.4 Å². The van der Waals surface area contributed by atoms with Gasteiger partial charge >= 0.3 is 0 Å². The summed E-state index contributed by atoms with van der Waals surface area (Å²) in [7, 11) is 1.58. The summed E-state index contributed by atoms with van der Waals surface area (Å²) in [4.78, 5) is 0. The van der Waals surface area contributed by atoms with Crippen LogP contribution in [0.25, 0.3) is 0 Å². The van der Waals surface area contributed by atoms with Gasteiger partial charge in [-0.3, -0.25) is 0 Å². The van der Waals surface area contributed by atoms with E-state index in [-0.39, 0.29) is 6.10 Å². The standard InChI is InChI=1S/C10H17NO3/c1-13-8-9(12)4-5-11-7-10-3-2-6-14-10/h2-3,6,9,11-12H,4-5,7-8H2,1H3. The van der Waals surface area contributed by atoms with Crippen molar-refractivity contribution < 1.29 is 14.3 Å². The van der Waals surface area contributed by atoms with E-state index >= 15 is 0 Å². The molecule has 1 atom stereocenters. The molecule has 14 heavy (non-hydrogen) atoms. The molecule has 4 heteroatoms. The first-order valence-electron chi connectivity index (χ1n) is 4.73. The Balaban J connectivity index is 1.99. The molecule has 0 aliphatic heterocycles. The summed E-state index contributed by atoms with van der Waals surface area (Å²) in [5, 5.41) is 12.5. The molecule has 1 rings (SSSR count). The van der Waals surface area contributed by atoms with Crippen molar-refractivity contribution in [2.45, 2.75) is 19.1 Å². The Bertz CT molecular complexity index is 223. The van der Waals surface area contributed by atoms with Crippen LogP contribution < -0.4 is 5.32 Å². The number of nitrogens with one attached hydrogen (secondary N) is 1. The molecule has 0 spiro atoms. The maximum Gasteiger partial charge on any atom is 0.117 e. The number of rotatable bonds is 7. The fourth-order valence-electron chi connectivity index (χ4n) is 1.17. The van der Waals surface area contributed by atoms with Crippen LogP contribution in [0.5, 0.6) is 0 Å². The lowest BCUT2D eigenvalue weighted by molar-refractivity contribution is 0.0593. The molecule has 0 aliphatic rings. The van der Waals surface area contributed by atoms with Crippen molar-refractivity contribution in [3.8, 4) is 0 Å². The molecule has 0 saturated carbocycles. The Morgan fingerprint density at radius 2 is 2.50 bits per heavy atom. The van der Waals surface area contributed by atoms with Gasteiger partial charge in [0.15, 0.2) is 0 Å². The zero-order valence-electron chi connectivity index (χ0n) is 8.40. The monoisotopic (exact) mass is 199 g/mol. The van der Waals surface area contributed by atoms with E-state index in [9.17, 15) is 5.11 Å². The molecule has 1 aromatic heterocycles. The Hall–Kier alpha value is -0.840. The predicted molar refractivity (Wildman–Crippen MR) is 52.9 cm³/mol. The average Bonchev–Trinajstić information content (AvgIpc) is 2.65. The number of furan rings is 1. The van der Waals surface area contributed by atoms with E-state index in [1.165, 1.54) is 0 Å².